The summed E-state index contributed by atoms with van der Waals surface area (Å²) in [4.78, 5) is 23.5. The number of amides is 1. The first-order valence-electron chi connectivity index (χ1n) is 8.78. The lowest BCUT2D eigenvalue weighted by Crippen LogP contribution is -2.31. The highest BCUT2D eigenvalue weighted by atomic mass is 32.2. The van der Waals surface area contributed by atoms with Gasteiger partial charge in [0.05, 0.1) is 5.54 Å². The van der Waals surface area contributed by atoms with Crippen molar-refractivity contribution in [1.29, 1.82) is 0 Å². The Morgan fingerprint density at radius 2 is 2.08 bits per heavy atom. The molecule has 1 atom stereocenters. The number of benzene rings is 1. The highest BCUT2D eigenvalue weighted by Gasteiger charge is 2.30. The summed E-state index contributed by atoms with van der Waals surface area (Å²) >= 11 is 1.58. The van der Waals surface area contributed by atoms with E-state index in [9.17, 15) is 4.79 Å². The van der Waals surface area contributed by atoms with Crippen LogP contribution in [0.25, 0.3) is 0 Å². The van der Waals surface area contributed by atoms with Crippen molar-refractivity contribution in [1.82, 2.24) is 9.88 Å². The largest absolute Gasteiger partial charge is 0.379 e. The molecule has 0 spiro atoms. The molecule has 6 heteroatoms. The van der Waals surface area contributed by atoms with Crippen LogP contribution < -0.4 is 5.73 Å². The fraction of sp³-hybridized carbons (Fsp3) is 0.350. The fourth-order valence-electron chi connectivity index (χ4n) is 3.10. The van der Waals surface area contributed by atoms with Crippen molar-refractivity contribution < 1.29 is 4.79 Å². The molecule has 136 valence electrons. The Morgan fingerprint density at radius 3 is 2.77 bits per heavy atom. The number of amidine groups is 1. The van der Waals surface area contributed by atoms with E-state index in [1.807, 2.05) is 48.2 Å². The van der Waals surface area contributed by atoms with Gasteiger partial charge in [0.25, 0.3) is 5.91 Å². The molecule has 1 aromatic carbocycles. The second-order valence-corrected chi connectivity index (χ2v) is 7.69. The number of hydrogen-bond donors (Lipinski definition) is 1. The van der Waals surface area contributed by atoms with Gasteiger partial charge in [0.2, 0.25) is 0 Å². The van der Waals surface area contributed by atoms with E-state index in [4.69, 9.17) is 5.73 Å². The molecular formula is C20H24N4OS. The van der Waals surface area contributed by atoms with Crippen molar-refractivity contribution in [3.63, 3.8) is 0 Å². The molecule has 5 nitrogen and oxygen atoms in total. The maximum absolute atomic E-state index is 13.0. The highest BCUT2D eigenvalue weighted by Crippen LogP contribution is 2.35. The normalized spacial score (nSPS) is 19.7. The fourth-order valence-corrected chi connectivity index (χ4v) is 4.07. The molecule has 0 saturated carbocycles. The van der Waals surface area contributed by atoms with Crippen molar-refractivity contribution in [3.05, 3.63) is 65.5 Å². The molecule has 26 heavy (non-hydrogen) atoms. The lowest BCUT2D eigenvalue weighted by atomic mass is 9.88. The van der Waals surface area contributed by atoms with Gasteiger partial charge in [0.15, 0.2) is 5.17 Å². The summed E-state index contributed by atoms with van der Waals surface area (Å²) in [6.45, 7) is 5.29. The minimum Gasteiger partial charge on any atom is -0.379 e. The lowest BCUT2D eigenvalue weighted by molar-refractivity contribution is 0.0752. The van der Waals surface area contributed by atoms with Gasteiger partial charge < -0.3 is 10.6 Å². The summed E-state index contributed by atoms with van der Waals surface area (Å²) in [5.74, 6) is 0.963. The second-order valence-electron chi connectivity index (χ2n) is 6.58. The van der Waals surface area contributed by atoms with Crippen molar-refractivity contribution in [2.75, 3.05) is 12.3 Å². The van der Waals surface area contributed by atoms with E-state index in [0.717, 1.165) is 23.3 Å². The van der Waals surface area contributed by atoms with Gasteiger partial charge in [0.1, 0.15) is 0 Å². The zero-order chi connectivity index (χ0) is 18.6. The Labute approximate surface area is 158 Å². The van der Waals surface area contributed by atoms with Gasteiger partial charge >= 0.3 is 0 Å². The summed E-state index contributed by atoms with van der Waals surface area (Å²) in [7, 11) is 0. The van der Waals surface area contributed by atoms with E-state index < -0.39 is 0 Å². The molecule has 3 rings (SSSR count). The number of nitrogens with zero attached hydrogens (tertiary/aromatic N) is 3. The number of pyridine rings is 1. The molecule has 0 fully saturated rings. The van der Waals surface area contributed by atoms with E-state index in [0.29, 0.717) is 23.8 Å². The van der Waals surface area contributed by atoms with Gasteiger partial charge in [0, 0.05) is 36.8 Å². The Morgan fingerprint density at radius 1 is 1.31 bits per heavy atom. The minimum atomic E-state index is -0.367. The number of carbonyl (C=O) groups is 1. The Balaban J connectivity index is 1.84. The highest BCUT2D eigenvalue weighted by molar-refractivity contribution is 8.13. The zero-order valence-corrected chi connectivity index (χ0v) is 16.0. The number of aromatic nitrogens is 1. The molecule has 0 bridgehead atoms. The predicted octanol–water partition coefficient (Wildman–Crippen LogP) is 3.41. The Hall–Kier alpha value is -2.34. The second kappa shape index (κ2) is 7.91. The smallest absolute Gasteiger partial charge is 0.254 e. The van der Waals surface area contributed by atoms with Gasteiger partial charge in [-0.3, -0.25) is 14.8 Å². The average molecular weight is 369 g/mol. The minimum absolute atomic E-state index is 0.0249. The monoisotopic (exact) mass is 368 g/mol. The van der Waals surface area contributed by atoms with Crippen LogP contribution in [-0.4, -0.2) is 33.3 Å². The molecule has 1 aromatic heterocycles. The molecule has 2 N–H and O–H groups in total. The average Bonchev–Trinajstić information content (AvgIpc) is 2.66. The van der Waals surface area contributed by atoms with Crippen LogP contribution >= 0.6 is 11.8 Å². The molecule has 2 heterocycles. The number of hydrogen-bond acceptors (Lipinski definition) is 5. The quantitative estimate of drug-likeness (QED) is 0.878. The molecule has 1 aliphatic rings. The summed E-state index contributed by atoms with van der Waals surface area (Å²) in [5.41, 5.74) is 8.36. The van der Waals surface area contributed by atoms with Crippen LogP contribution in [0.3, 0.4) is 0 Å². The first-order valence-corrected chi connectivity index (χ1v) is 9.77. The third kappa shape index (κ3) is 4.07. The summed E-state index contributed by atoms with van der Waals surface area (Å²) in [6.07, 6.45) is 4.40. The van der Waals surface area contributed by atoms with Crippen molar-refractivity contribution in [2.24, 2.45) is 10.7 Å². The Bertz CT molecular complexity index is 808. The van der Waals surface area contributed by atoms with E-state index in [-0.39, 0.29) is 11.4 Å². The van der Waals surface area contributed by atoms with Crippen LogP contribution in [-0.2, 0) is 12.1 Å². The molecule has 2 aromatic rings. The molecular weight excluding hydrogens is 344 g/mol. The van der Waals surface area contributed by atoms with Crippen LogP contribution in [0.5, 0.6) is 0 Å². The van der Waals surface area contributed by atoms with E-state index >= 15 is 0 Å². The van der Waals surface area contributed by atoms with Crippen LogP contribution in [0.1, 0.15) is 41.8 Å². The molecule has 0 saturated heterocycles. The molecule has 1 amide bonds. The Kier molecular flexibility index (Phi) is 5.61. The number of nitrogens with two attached hydrogens (primary N) is 1. The number of carbonyl (C=O) groups excluding carboxylic acids is 1. The third-order valence-corrected chi connectivity index (χ3v) is 5.51. The van der Waals surface area contributed by atoms with Crippen LogP contribution in [0.4, 0.5) is 0 Å². The third-order valence-electron chi connectivity index (χ3n) is 4.72. The number of rotatable bonds is 5. The molecule has 0 radical (unpaired) electrons. The topological polar surface area (TPSA) is 71.6 Å². The molecule has 0 aliphatic carbocycles. The zero-order valence-electron chi connectivity index (χ0n) is 15.2. The van der Waals surface area contributed by atoms with Crippen molar-refractivity contribution in [3.8, 4) is 0 Å². The van der Waals surface area contributed by atoms with Crippen LogP contribution in [0.2, 0.25) is 0 Å². The van der Waals surface area contributed by atoms with Crippen LogP contribution in [0.15, 0.2) is 53.8 Å². The van der Waals surface area contributed by atoms with E-state index in [1.54, 1.807) is 24.2 Å². The maximum Gasteiger partial charge on any atom is 0.254 e. The summed E-state index contributed by atoms with van der Waals surface area (Å²) < 4.78 is 0. The van der Waals surface area contributed by atoms with Crippen molar-refractivity contribution in [2.45, 2.75) is 32.4 Å². The first kappa shape index (κ1) is 18.5. The van der Waals surface area contributed by atoms with Gasteiger partial charge in [-0.2, -0.15) is 0 Å². The lowest BCUT2D eigenvalue weighted by Gasteiger charge is -2.30. The number of thioether (sulfide) groups is 1. The maximum atomic E-state index is 13.0. The summed E-state index contributed by atoms with van der Waals surface area (Å²) in [6, 6.07) is 11.7. The van der Waals surface area contributed by atoms with E-state index in [1.165, 1.54) is 0 Å². The molecule has 1 unspecified atom stereocenters. The first-order chi connectivity index (χ1) is 12.5. The molecule has 1 aliphatic heterocycles. The van der Waals surface area contributed by atoms with Gasteiger partial charge in [-0.1, -0.05) is 23.9 Å². The SMILES string of the molecule is CCN(Cc1ccncc1)C(=O)c1cccc(C2(C)CCSC(N)=N2)c1. The van der Waals surface area contributed by atoms with Gasteiger partial charge in [-0.15, -0.1) is 0 Å². The van der Waals surface area contributed by atoms with Crippen LogP contribution in [0, 0.1) is 0 Å². The number of aliphatic imine (C=N–C) groups is 1. The summed E-state index contributed by atoms with van der Waals surface area (Å²) in [5, 5.41) is 0.614. The van der Waals surface area contributed by atoms with Gasteiger partial charge in [-0.25, -0.2) is 0 Å². The van der Waals surface area contributed by atoms with Crippen molar-refractivity contribution >= 4 is 22.8 Å². The van der Waals surface area contributed by atoms with Gasteiger partial charge in [-0.05, 0) is 55.7 Å². The van der Waals surface area contributed by atoms with E-state index in [2.05, 4.69) is 16.9 Å². The standard InChI is InChI=1S/C20H24N4OS/c1-3-24(14-15-7-10-22-11-8-15)18(25)16-5-4-6-17(13-16)20(2)9-12-26-19(21)23-20/h4-8,10-11,13H,3,9,12,14H2,1-2H3,(H2,21,23). The predicted molar refractivity (Wildman–Crippen MR) is 107 cm³/mol.